The lowest BCUT2D eigenvalue weighted by atomic mass is 10.2. The van der Waals surface area contributed by atoms with E-state index in [4.69, 9.17) is 5.11 Å². The first-order chi connectivity index (χ1) is 7.24. The van der Waals surface area contributed by atoms with Crippen molar-refractivity contribution in [2.75, 3.05) is 5.75 Å². The summed E-state index contributed by atoms with van der Waals surface area (Å²) in [5.41, 5.74) is 1.77. The van der Waals surface area contributed by atoms with E-state index in [2.05, 4.69) is 41.6 Å². The van der Waals surface area contributed by atoms with Gasteiger partial charge in [-0.2, -0.15) is 11.8 Å². The van der Waals surface area contributed by atoms with Gasteiger partial charge in [-0.05, 0) is 35.0 Å². The van der Waals surface area contributed by atoms with Crippen molar-refractivity contribution in [1.82, 2.24) is 0 Å². The molecule has 0 spiro atoms. The van der Waals surface area contributed by atoms with E-state index in [-0.39, 0.29) is 5.05 Å². The van der Waals surface area contributed by atoms with Gasteiger partial charge in [-0.1, -0.05) is 30.3 Å². The van der Waals surface area contributed by atoms with Crippen LogP contribution in [-0.4, -0.2) is 20.9 Å². The Hall–Kier alpha value is -0.670. The van der Waals surface area contributed by atoms with Crippen LogP contribution in [0.15, 0.2) is 35.9 Å². The molecule has 0 aliphatic rings. The molecule has 0 saturated carbocycles. The lowest BCUT2D eigenvalue weighted by Crippen LogP contribution is -2.01. The molecule has 1 nitrogen and oxygen atoms in total. The Kier molecular flexibility index (Phi) is 5.58. The first kappa shape index (κ1) is 12.4. The maximum Gasteiger partial charge on any atom is 0.194 e. The first-order valence-electron chi connectivity index (χ1n) is 4.33. The maximum atomic E-state index is 9.06. The van der Waals surface area contributed by atoms with E-state index in [0.717, 1.165) is 5.75 Å². The number of aliphatic hydroxyl groups is 1. The van der Waals surface area contributed by atoms with Crippen LogP contribution < -0.4 is 0 Å². The molecule has 4 heteroatoms. The third-order valence-electron chi connectivity index (χ3n) is 1.74. The standard InChI is InChI=1S/C11H10OS3/c12-11(14)10(6-13)8-15-7-9-4-2-1-3-5-9/h1-5H,7-8H2,(H,12,14). The summed E-state index contributed by atoms with van der Waals surface area (Å²) in [7, 11) is 0. The van der Waals surface area contributed by atoms with Crippen molar-refractivity contribution in [2.24, 2.45) is 0 Å². The molecule has 1 aromatic rings. The molecule has 0 fully saturated rings. The molecule has 0 heterocycles. The Labute approximate surface area is 104 Å². The summed E-state index contributed by atoms with van der Waals surface area (Å²) in [5, 5.41) is 11.4. The van der Waals surface area contributed by atoms with Crippen LogP contribution in [0.2, 0.25) is 0 Å². The van der Waals surface area contributed by atoms with Gasteiger partial charge in [0.2, 0.25) is 0 Å². The zero-order valence-electron chi connectivity index (χ0n) is 7.97. The van der Waals surface area contributed by atoms with Gasteiger partial charge in [0.1, 0.15) is 0 Å². The Bertz CT molecular complexity index is 380. The fourth-order valence-electron chi connectivity index (χ4n) is 0.980. The van der Waals surface area contributed by atoms with Crippen molar-refractivity contribution in [3.8, 4) is 0 Å². The van der Waals surface area contributed by atoms with E-state index in [0.29, 0.717) is 11.3 Å². The molecule has 1 rings (SSSR count). The molecule has 78 valence electrons. The summed E-state index contributed by atoms with van der Waals surface area (Å²) in [4.78, 5) is 0. The van der Waals surface area contributed by atoms with E-state index in [1.807, 2.05) is 18.2 Å². The zero-order valence-corrected chi connectivity index (χ0v) is 10.4. The topological polar surface area (TPSA) is 20.2 Å². The summed E-state index contributed by atoms with van der Waals surface area (Å²) in [6.07, 6.45) is 0. The van der Waals surface area contributed by atoms with Crippen molar-refractivity contribution in [3.63, 3.8) is 0 Å². The highest BCUT2D eigenvalue weighted by atomic mass is 32.2. The average molecular weight is 254 g/mol. The second-order valence-corrected chi connectivity index (χ2v) is 4.44. The molecule has 1 aromatic carbocycles. The van der Waals surface area contributed by atoms with Gasteiger partial charge in [-0.3, -0.25) is 0 Å². The van der Waals surface area contributed by atoms with Crippen molar-refractivity contribution in [3.05, 3.63) is 41.5 Å². The molecule has 0 amide bonds. The van der Waals surface area contributed by atoms with Gasteiger partial charge < -0.3 is 5.11 Å². The van der Waals surface area contributed by atoms with E-state index in [1.165, 1.54) is 5.56 Å². The number of hydrogen-bond donors (Lipinski definition) is 1. The lowest BCUT2D eigenvalue weighted by molar-refractivity contribution is 0.570. The third-order valence-corrected chi connectivity index (χ3v) is 3.26. The Morgan fingerprint density at radius 2 is 2.00 bits per heavy atom. The number of thioether (sulfide) groups is 1. The van der Waals surface area contributed by atoms with Gasteiger partial charge in [-0.25, -0.2) is 0 Å². The Balaban J connectivity index is 2.40. The Morgan fingerprint density at radius 1 is 1.33 bits per heavy atom. The lowest BCUT2D eigenvalue weighted by Gasteiger charge is -2.01. The highest BCUT2D eigenvalue weighted by Gasteiger charge is 2.02. The molecule has 0 bridgehead atoms. The summed E-state index contributed by atoms with van der Waals surface area (Å²) >= 11 is 10.9. The van der Waals surface area contributed by atoms with Crippen LogP contribution in [0.1, 0.15) is 5.56 Å². The zero-order chi connectivity index (χ0) is 11.1. The van der Waals surface area contributed by atoms with Gasteiger partial charge in [0, 0.05) is 11.5 Å². The van der Waals surface area contributed by atoms with Crippen molar-refractivity contribution < 1.29 is 5.11 Å². The number of benzene rings is 1. The highest BCUT2D eigenvalue weighted by Crippen LogP contribution is 2.14. The quantitative estimate of drug-likeness (QED) is 0.642. The van der Waals surface area contributed by atoms with Crippen molar-refractivity contribution in [1.29, 1.82) is 0 Å². The van der Waals surface area contributed by atoms with Crippen LogP contribution in [0.3, 0.4) is 0 Å². The molecular weight excluding hydrogens is 244 g/mol. The van der Waals surface area contributed by atoms with E-state index in [9.17, 15) is 0 Å². The fourth-order valence-corrected chi connectivity index (χ4v) is 2.46. The van der Waals surface area contributed by atoms with Gasteiger partial charge in [0.25, 0.3) is 0 Å². The van der Waals surface area contributed by atoms with Crippen LogP contribution in [0.25, 0.3) is 0 Å². The smallest absolute Gasteiger partial charge is 0.194 e. The fraction of sp³-hybridized carbons (Fsp3) is 0.182. The molecule has 0 saturated heterocycles. The molecule has 0 aromatic heterocycles. The summed E-state index contributed by atoms with van der Waals surface area (Å²) in [5.74, 6) is 1.48. The number of thiocarbonyl (C=S) groups is 2. The number of rotatable bonds is 5. The summed E-state index contributed by atoms with van der Waals surface area (Å²) < 4.78 is 0. The molecule has 0 aliphatic carbocycles. The van der Waals surface area contributed by atoms with Crippen LogP contribution >= 0.6 is 36.2 Å². The molecule has 0 aliphatic heterocycles. The van der Waals surface area contributed by atoms with E-state index < -0.39 is 0 Å². The van der Waals surface area contributed by atoms with Crippen LogP contribution in [0.5, 0.6) is 0 Å². The third kappa shape index (κ3) is 4.58. The van der Waals surface area contributed by atoms with Gasteiger partial charge in [-0.15, -0.1) is 0 Å². The van der Waals surface area contributed by atoms with Crippen LogP contribution in [-0.2, 0) is 5.75 Å². The van der Waals surface area contributed by atoms with Crippen molar-refractivity contribution in [2.45, 2.75) is 5.75 Å². The van der Waals surface area contributed by atoms with Crippen LogP contribution in [0, 0.1) is 0 Å². The second kappa shape index (κ2) is 6.75. The largest absolute Gasteiger partial charge is 0.498 e. The van der Waals surface area contributed by atoms with Gasteiger partial charge >= 0.3 is 0 Å². The number of aliphatic hydroxyl groups excluding tert-OH is 1. The molecule has 1 N–H and O–H groups in total. The monoisotopic (exact) mass is 254 g/mol. The highest BCUT2D eigenvalue weighted by molar-refractivity contribution is 7.98. The second-order valence-electron chi connectivity index (χ2n) is 2.86. The molecule has 0 unspecified atom stereocenters. The van der Waals surface area contributed by atoms with Gasteiger partial charge in [0.15, 0.2) is 5.05 Å². The Morgan fingerprint density at radius 3 is 2.53 bits per heavy atom. The summed E-state index contributed by atoms with van der Waals surface area (Å²) in [6.45, 7) is 0. The molecule has 0 radical (unpaired) electrons. The predicted octanol–water partition coefficient (Wildman–Crippen LogP) is 3.33. The average Bonchev–Trinajstić information content (AvgIpc) is 2.25. The van der Waals surface area contributed by atoms with Crippen molar-refractivity contribution >= 4 is 46.3 Å². The van der Waals surface area contributed by atoms with Gasteiger partial charge in [0.05, 0.1) is 5.57 Å². The first-order valence-corrected chi connectivity index (χ1v) is 6.30. The summed E-state index contributed by atoms with van der Waals surface area (Å²) in [6, 6.07) is 10.1. The van der Waals surface area contributed by atoms with E-state index >= 15 is 0 Å². The minimum absolute atomic E-state index is 0.148. The maximum absolute atomic E-state index is 9.06. The molecular formula is C11H10OS3. The normalized spacial score (nSPS) is 9.33. The minimum Gasteiger partial charge on any atom is -0.498 e. The predicted molar refractivity (Wildman–Crippen MR) is 73.9 cm³/mol. The van der Waals surface area contributed by atoms with E-state index in [1.54, 1.807) is 11.8 Å². The molecule has 15 heavy (non-hydrogen) atoms. The SMILES string of the molecule is OC(=S)C(=C=S)CSCc1ccccc1. The minimum atomic E-state index is -0.148. The van der Waals surface area contributed by atoms with Crippen LogP contribution in [0.4, 0.5) is 0 Å². The number of hydrogen-bond acceptors (Lipinski definition) is 3. The molecule has 0 atom stereocenters.